The Labute approximate surface area is 125 Å². The van der Waals surface area contributed by atoms with Crippen molar-refractivity contribution in [2.75, 3.05) is 17.2 Å². The first kappa shape index (κ1) is 14.8. The number of anilines is 2. The number of rotatable bonds is 4. The Balaban J connectivity index is 1.92. The van der Waals surface area contributed by atoms with E-state index in [2.05, 4.69) is 19.9 Å². The maximum atomic E-state index is 11.9. The molecule has 0 aromatic heterocycles. The standard InChI is InChI=1S/C15H16ClN2OP/c1-10-7-13(20)5-6-14(10)17-9-15(19)18-12-4-2-3-11(16)8-12/h2-8,17H,9,20H2,1H3,(H,18,19). The normalized spacial score (nSPS) is 10.2. The second-order valence-corrected chi connectivity index (χ2v) is 5.59. The van der Waals surface area contributed by atoms with Crippen LogP contribution in [0.3, 0.4) is 0 Å². The van der Waals surface area contributed by atoms with Crippen LogP contribution in [0.2, 0.25) is 5.02 Å². The number of hydrogen-bond acceptors (Lipinski definition) is 2. The van der Waals surface area contributed by atoms with Gasteiger partial charge in [0.2, 0.25) is 5.91 Å². The second-order valence-electron chi connectivity index (χ2n) is 4.49. The Morgan fingerprint density at radius 3 is 2.75 bits per heavy atom. The van der Waals surface area contributed by atoms with Gasteiger partial charge in [-0.3, -0.25) is 4.79 Å². The van der Waals surface area contributed by atoms with Crippen molar-refractivity contribution in [1.82, 2.24) is 0 Å². The van der Waals surface area contributed by atoms with E-state index in [-0.39, 0.29) is 12.5 Å². The number of carbonyl (C=O) groups excluding carboxylic acids is 1. The molecule has 2 aromatic carbocycles. The van der Waals surface area contributed by atoms with E-state index in [0.717, 1.165) is 16.6 Å². The predicted molar refractivity (Wildman–Crippen MR) is 89.1 cm³/mol. The molecule has 0 saturated carbocycles. The van der Waals surface area contributed by atoms with Crippen LogP contribution in [0.5, 0.6) is 0 Å². The van der Waals surface area contributed by atoms with Gasteiger partial charge in [-0.25, -0.2) is 0 Å². The van der Waals surface area contributed by atoms with Crippen molar-refractivity contribution in [3.8, 4) is 0 Å². The summed E-state index contributed by atoms with van der Waals surface area (Å²) in [6.45, 7) is 2.22. The summed E-state index contributed by atoms with van der Waals surface area (Å²) in [6, 6.07) is 13.1. The molecule has 5 heteroatoms. The number of halogens is 1. The molecule has 2 rings (SSSR count). The monoisotopic (exact) mass is 306 g/mol. The maximum Gasteiger partial charge on any atom is 0.243 e. The summed E-state index contributed by atoms with van der Waals surface area (Å²) in [5.74, 6) is -0.110. The van der Waals surface area contributed by atoms with Crippen molar-refractivity contribution in [2.24, 2.45) is 0 Å². The summed E-state index contributed by atoms with van der Waals surface area (Å²) in [5, 5.41) is 7.64. The van der Waals surface area contributed by atoms with Gasteiger partial charge in [-0.05, 0) is 42.1 Å². The Bertz CT molecular complexity index is 631. The molecule has 0 aliphatic carbocycles. The van der Waals surface area contributed by atoms with Crippen LogP contribution in [0.4, 0.5) is 11.4 Å². The smallest absolute Gasteiger partial charge is 0.243 e. The van der Waals surface area contributed by atoms with Crippen molar-refractivity contribution < 1.29 is 4.79 Å². The molecule has 2 N–H and O–H groups in total. The van der Waals surface area contributed by atoms with E-state index in [1.165, 1.54) is 0 Å². The van der Waals surface area contributed by atoms with Crippen LogP contribution >= 0.6 is 20.8 Å². The van der Waals surface area contributed by atoms with Gasteiger partial charge in [0.05, 0.1) is 6.54 Å². The molecule has 0 fully saturated rings. The SMILES string of the molecule is Cc1cc(P)ccc1NCC(=O)Nc1cccc(Cl)c1. The molecule has 2 aromatic rings. The van der Waals surface area contributed by atoms with E-state index in [1.54, 1.807) is 24.3 Å². The zero-order valence-electron chi connectivity index (χ0n) is 11.1. The number of hydrogen-bond donors (Lipinski definition) is 2. The first-order chi connectivity index (χ1) is 9.54. The summed E-state index contributed by atoms with van der Waals surface area (Å²) in [5.41, 5.74) is 2.76. The Hall–Kier alpha value is -1.57. The van der Waals surface area contributed by atoms with Crippen molar-refractivity contribution in [2.45, 2.75) is 6.92 Å². The molecular weight excluding hydrogens is 291 g/mol. The molecule has 0 aliphatic heterocycles. The molecule has 0 saturated heterocycles. The van der Waals surface area contributed by atoms with Gasteiger partial charge < -0.3 is 10.6 Å². The molecule has 3 nitrogen and oxygen atoms in total. The fraction of sp³-hybridized carbons (Fsp3) is 0.133. The third-order valence-electron chi connectivity index (χ3n) is 2.80. The minimum Gasteiger partial charge on any atom is -0.376 e. The van der Waals surface area contributed by atoms with Gasteiger partial charge in [-0.15, -0.1) is 9.24 Å². The van der Waals surface area contributed by atoms with Gasteiger partial charge in [-0.2, -0.15) is 0 Å². The number of aryl methyl sites for hydroxylation is 1. The van der Waals surface area contributed by atoms with Gasteiger partial charge in [0.25, 0.3) is 0 Å². The molecule has 0 heterocycles. The van der Waals surface area contributed by atoms with Crippen LogP contribution in [-0.2, 0) is 4.79 Å². The van der Waals surface area contributed by atoms with Crippen molar-refractivity contribution in [1.29, 1.82) is 0 Å². The van der Waals surface area contributed by atoms with E-state index >= 15 is 0 Å². The lowest BCUT2D eigenvalue weighted by Gasteiger charge is -2.10. The lowest BCUT2D eigenvalue weighted by Crippen LogP contribution is -2.22. The van der Waals surface area contributed by atoms with Crippen LogP contribution < -0.4 is 15.9 Å². The largest absolute Gasteiger partial charge is 0.376 e. The molecule has 1 amide bonds. The first-order valence-electron chi connectivity index (χ1n) is 6.20. The molecule has 0 aliphatic rings. The highest BCUT2D eigenvalue weighted by Crippen LogP contribution is 2.15. The number of nitrogens with one attached hydrogen (secondary N) is 2. The molecule has 0 radical (unpaired) electrons. The van der Waals surface area contributed by atoms with Crippen LogP contribution in [-0.4, -0.2) is 12.5 Å². The first-order valence-corrected chi connectivity index (χ1v) is 7.15. The zero-order valence-corrected chi connectivity index (χ0v) is 13.0. The van der Waals surface area contributed by atoms with Crippen LogP contribution in [0.1, 0.15) is 5.56 Å². The second kappa shape index (κ2) is 6.74. The zero-order chi connectivity index (χ0) is 14.5. The third kappa shape index (κ3) is 4.22. The number of amides is 1. The van der Waals surface area contributed by atoms with E-state index < -0.39 is 0 Å². The number of carbonyl (C=O) groups is 1. The fourth-order valence-electron chi connectivity index (χ4n) is 1.83. The average molecular weight is 307 g/mol. The molecule has 1 unspecified atom stereocenters. The van der Waals surface area contributed by atoms with Crippen LogP contribution in [0.15, 0.2) is 42.5 Å². The summed E-state index contributed by atoms with van der Waals surface area (Å²) in [6.07, 6.45) is 0. The van der Waals surface area contributed by atoms with Gasteiger partial charge >= 0.3 is 0 Å². The molecular formula is C15H16ClN2OP. The predicted octanol–water partition coefficient (Wildman–Crippen LogP) is 3.20. The van der Waals surface area contributed by atoms with Gasteiger partial charge in [0.15, 0.2) is 0 Å². The Kier molecular flexibility index (Phi) is 4.99. The molecule has 0 spiro atoms. The van der Waals surface area contributed by atoms with Crippen LogP contribution in [0.25, 0.3) is 0 Å². The van der Waals surface area contributed by atoms with Crippen molar-refractivity contribution in [3.63, 3.8) is 0 Å². The molecule has 1 atom stereocenters. The minimum absolute atomic E-state index is 0.110. The van der Waals surface area contributed by atoms with E-state index in [0.29, 0.717) is 10.7 Å². The van der Waals surface area contributed by atoms with Gasteiger partial charge in [0.1, 0.15) is 0 Å². The van der Waals surface area contributed by atoms with Gasteiger partial charge in [0, 0.05) is 16.4 Å². The topological polar surface area (TPSA) is 41.1 Å². The molecule has 0 bridgehead atoms. The minimum atomic E-state index is -0.110. The lowest BCUT2D eigenvalue weighted by molar-refractivity contribution is -0.114. The van der Waals surface area contributed by atoms with Crippen molar-refractivity contribution in [3.05, 3.63) is 53.1 Å². The van der Waals surface area contributed by atoms with E-state index in [4.69, 9.17) is 11.6 Å². The highest BCUT2D eigenvalue weighted by atomic mass is 35.5. The highest BCUT2D eigenvalue weighted by molar-refractivity contribution is 7.27. The summed E-state index contributed by atoms with van der Waals surface area (Å²) < 4.78 is 0. The van der Waals surface area contributed by atoms with E-state index in [9.17, 15) is 4.79 Å². The maximum absolute atomic E-state index is 11.9. The number of benzene rings is 2. The summed E-state index contributed by atoms with van der Waals surface area (Å²) in [7, 11) is 2.65. The quantitative estimate of drug-likeness (QED) is 0.852. The highest BCUT2D eigenvalue weighted by Gasteiger charge is 2.04. The summed E-state index contributed by atoms with van der Waals surface area (Å²) >= 11 is 5.87. The molecule has 20 heavy (non-hydrogen) atoms. The third-order valence-corrected chi connectivity index (χ3v) is 3.39. The summed E-state index contributed by atoms with van der Waals surface area (Å²) in [4.78, 5) is 11.9. The average Bonchev–Trinajstić information content (AvgIpc) is 2.37. The van der Waals surface area contributed by atoms with Gasteiger partial charge in [-0.1, -0.05) is 29.8 Å². The van der Waals surface area contributed by atoms with E-state index in [1.807, 2.05) is 25.1 Å². The van der Waals surface area contributed by atoms with Crippen LogP contribution in [0, 0.1) is 6.92 Å². The molecule has 104 valence electrons. The Morgan fingerprint density at radius 1 is 1.25 bits per heavy atom. The lowest BCUT2D eigenvalue weighted by atomic mass is 10.2. The fourth-order valence-corrected chi connectivity index (χ4v) is 2.37. The Morgan fingerprint density at radius 2 is 2.05 bits per heavy atom. The van der Waals surface area contributed by atoms with Crippen molar-refractivity contribution >= 4 is 43.4 Å².